The summed E-state index contributed by atoms with van der Waals surface area (Å²) in [4.78, 5) is 0. The summed E-state index contributed by atoms with van der Waals surface area (Å²) in [6, 6.07) is 2.78. The number of nitrogens with zero attached hydrogens (tertiary/aromatic N) is 2. The van der Waals surface area contributed by atoms with Gasteiger partial charge in [-0.3, -0.25) is 0 Å². The van der Waals surface area contributed by atoms with Crippen molar-refractivity contribution < 1.29 is 0 Å². The number of aromatic nitrogens is 2. The van der Waals surface area contributed by atoms with E-state index in [-0.39, 0.29) is 0 Å². The Morgan fingerprint density at radius 1 is 1.60 bits per heavy atom. The van der Waals surface area contributed by atoms with Gasteiger partial charge in [0, 0.05) is 12.6 Å². The maximum atomic E-state index is 4.70. The van der Waals surface area contributed by atoms with Gasteiger partial charge < -0.3 is 5.32 Å². The molecule has 0 amide bonds. The number of anilines is 1. The fourth-order valence-electron chi connectivity index (χ4n) is 2.29. The maximum absolute atomic E-state index is 4.70. The van der Waals surface area contributed by atoms with Gasteiger partial charge in [0.2, 0.25) is 0 Å². The molecule has 0 aromatic carbocycles. The van der Waals surface area contributed by atoms with Crippen LogP contribution in [0.3, 0.4) is 0 Å². The van der Waals surface area contributed by atoms with Crippen molar-refractivity contribution in [2.75, 3.05) is 11.9 Å². The molecule has 0 saturated carbocycles. The smallest absolute Gasteiger partial charge is 0.124 e. The molecule has 0 radical (unpaired) electrons. The SMILES string of the molecule is CCCc1cc2n(n1)C(C(C)C)CCN2. The lowest BCUT2D eigenvalue weighted by atomic mass is 10.00. The second kappa shape index (κ2) is 4.25. The van der Waals surface area contributed by atoms with E-state index in [4.69, 9.17) is 5.10 Å². The number of nitrogens with one attached hydrogen (secondary N) is 1. The van der Waals surface area contributed by atoms with Gasteiger partial charge in [0.25, 0.3) is 0 Å². The molecule has 1 aliphatic rings. The van der Waals surface area contributed by atoms with Crippen LogP contribution in [0.5, 0.6) is 0 Å². The Morgan fingerprint density at radius 3 is 3.07 bits per heavy atom. The largest absolute Gasteiger partial charge is 0.370 e. The molecule has 0 saturated heterocycles. The number of hydrogen-bond donors (Lipinski definition) is 1. The zero-order valence-corrected chi connectivity index (χ0v) is 9.95. The minimum absolute atomic E-state index is 0.576. The minimum Gasteiger partial charge on any atom is -0.370 e. The lowest BCUT2D eigenvalue weighted by molar-refractivity contribution is 0.321. The van der Waals surface area contributed by atoms with Gasteiger partial charge in [-0.25, -0.2) is 4.68 Å². The predicted octanol–water partition coefficient (Wildman–Crippen LogP) is 2.85. The molecule has 1 aromatic rings. The molecule has 2 heterocycles. The summed E-state index contributed by atoms with van der Waals surface area (Å²) in [5.41, 5.74) is 1.23. The normalized spacial score (nSPS) is 20.1. The highest BCUT2D eigenvalue weighted by Gasteiger charge is 2.23. The van der Waals surface area contributed by atoms with E-state index in [9.17, 15) is 0 Å². The van der Waals surface area contributed by atoms with Crippen LogP contribution in [0.1, 0.15) is 45.3 Å². The van der Waals surface area contributed by atoms with Crippen LogP contribution in [-0.2, 0) is 6.42 Å². The zero-order valence-electron chi connectivity index (χ0n) is 9.95. The highest BCUT2D eigenvalue weighted by Crippen LogP contribution is 2.29. The van der Waals surface area contributed by atoms with Crippen LogP contribution >= 0.6 is 0 Å². The Labute approximate surface area is 91.9 Å². The first-order valence-corrected chi connectivity index (χ1v) is 6.04. The van der Waals surface area contributed by atoms with Crippen molar-refractivity contribution in [3.8, 4) is 0 Å². The van der Waals surface area contributed by atoms with Gasteiger partial charge >= 0.3 is 0 Å². The average Bonchev–Trinajstić information content (AvgIpc) is 2.59. The molecule has 1 N–H and O–H groups in total. The van der Waals surface area contributed by atoms with Crippen LogP contribution in [0.25, 0.3) is 0 Å². The van der Waals surface area contributed by atoms with E-state index in [0.29, 0.717) is 12.0 Å². The molecule has 1 unspecified atom stereocenters. The molecule has 0 fully saturated rings. The maximum Gasteiger partial charge on any atom is 0.124 e. The zero-order chi connectivity index (χ0) is 10.8. The minimum atomic E-state index is 0.576. The monoisotopic (exact) mass is 207 g/mol. The average molecular weight is 207 g/mol. The van der Waals surface area contributed by atoms with E-state index in [1.165, 1.54) is 24.4 Å². The van der Waals surface area contributed by atoms with Crippen LogP contribution in [0.4, 0.5) is 5.82 Å². The highest BCUT2D eigenvalue weighted by molar-refractivity contribution is 5.39. The molecule has 84 valence electrons. The van der Waals surface area contributed by atoms with E-state index in [2.05, 4.69) is 36.8 Å². The second-order valence-corrected chi connectivity index (χ2v) is 4.74. The van der Waals surface area contributed by atoms with Crippen LogP contribution in [-0.4, -0.2) is 16.3 Å². The van der Waals surface area contributed by atoms with Crippen LogP contribution in [0.2, 0.25) is 0 Å². The predicted molar refractivity (Wildman–Crippen MR) is 63.2 cm³/mol. The first kappa shape index (κ1) is 10.5. The van der Waals surface area contributed by atoms with Crippen molar-refractivity contribution in [3.63, 3.8) is 0 Å². The van der Waals surface area contributed by atoms with Crippen molar-refractivity contribution in [3.05, 3.63) is 11.8 Å². The van der Waals surface area contributed by atoms with Crippen LogP contribution < -0.4 is 5.32 Å². The number of fused-ring (bicyclic) bond motifs is 1. The van der Waals surface area contributed by atoms with Crippen molar-refractivity contribution >= 4 is 5.82 Å². The first-order valence-electron chi connectivity index (χ1n) is 6.04. The van der Waals surface area contributed by atoms with Crippen molar-refractivity contribution in [2.24, 2.45) is 5.92 Å². The lowest BCUT2D eigenvalue weighted by Crippen LogP contribution is -2.26. The quantitative estimate of drug-likeness (QED) is 0.826. The van der Waals surface area contributed by atoms with Gasteiger partial charge in [-0.1, -0.05) is 27.2 Å². The fraction of sp³-hybridized carbons (Fsp3) is 0.750. The lowest BCUT2D eigenvalue weighted by Gasteiger charge is -2.28. The molecule has 1 aliphatic heterocycles. The Hall–Kier alpha value is -0.990. The van der Waals surface area contributed by atoms with E-state index < -0.39 is 0 Å². The van der Waals surface area contributed by atoms with Crippen molar-refractivity contribution in [1.29, 1.82) is 0 Å². The van der Waals surface area contributed by atoms with Gasteiger partial charge in [0.1, 0.15) is 5.82 Å². The summed E-state index contributed by atoms with van der Waals surface area (Å²) in [5, 5.41) is 8.12. The van der Waals surface area contributed by atoms with E-state index in [0.717, 1.165) is 13.0 Å². The number of rotatable bonds is 3. The molecule has 0 bridgehead atoms. The molecule has 15 heavy (non-hydrogen) atoms. The molecule has 1 aromatic heterocycles. The van der Waals surface area contributed by atoms with Gasteiger partial charge in [-0.15, -0.1) is 0 Å². The third kappa shape index (κ3) is 2.01. The standard InChI is InChI=1S/C12H21N3/c1-4-5-10-8-12-13-7-6-11(9(2)3)15(12)14-10/h8-9,11,13H,4-7H2,1-3H3. The Morgan fingerprint density at radius 2 is 2.40 bits per heavy atom. The molecule has 3 heteroatoms. The highest BCUT2D eigenvalue weighted by atomic mass is 15.4. The van der Waals surface area contributed by atoms with Gasteiger partial charge in [0.05, 0.1) is 11.7 Å². The van der Waals surface area contributed by atoms with Crippen LogP contribution in [0, 0.1) is 5.92 Å². The number of aryl methyl sites for hydroxylation is 1. The second-order valence-electron chi connectivity index (χ2n) is 4.74. The van der Waals surface area contributed by atoms with Gasteiger partial charge in [-0.2, -0.15) is 5.10 Å². The van der Waals surface area contributed by atoms with Crippen LogP contribution in [0.15, 0.2) is 6.07 Å². The van der Waals surface area contributed by atoms with Gasteiger partial charge in [-0.05, 0) is 18.8 Å². The first-order chi connectivity index (χ1) is 7.22. The fourth-order valence-corrected chi connectivity index (χ4v) is 2.29. The summed E-state index contributed by atoms with van der Waals surface area (Å²) in [6.45, 7) is 7.84. The van der Waals surface area contributed by atoms with Crippen molar-refractivity contribution in [2.45, 2.75) is 46.1 Å². The number of hydrogen-bond acceptors (Lipinski definition) is 2. The van der Waals surface area contributed by atoms with E-state index in [1.54, 1.807) is 0 Å². The van der Waals surface area contributed by atoms with Crippen molar-refractivity contribution in [1.82, 2.24) is 9.78 Å². The Bertz CT molecular complexity index is 328. The molecule has 1 atom stereocenters. The molecule has 0 aliphatic carbocycles. The Balaban J connectivity index is 2.26. The summed E-state index contributed by atoms with van der Waals surface area (Å²) in [6.07, 6.45) is 3.45. The third-order valence-corrected chi connectivity index (χ3v) is 3.12. The summed E-state index contributed by atoms with van der Waals surface area (Å²) in [5.74, 6) is 1.88. The molecule has 3 nitrogen and oxygen atoms in total. The molecular weight excluding hydrogens is 186 g/mol. The summed E-state index contributed by atoms with van der Waals surface area (Å²) in [7, 11) is 0. The van der Waals surface area contributed by atoms with E-state index >= 15 is 0 Å². The van der Waals surface area contributed by atoms with Gasteiger partial charge in [0.15, 0.2) is 0 Å². The molecule has 2 rings (SSSR count). The topological polar surface area (TPSA) is 29.9 Å². The summed E-state index contributed by atoms with van der Waals surface area (Å²) >= 11 is 0. The Kier molecular flexibility index (Phi) is 2.98. The van der Waals surface area contributed by atoms with E-state index in [1.807, 2.05) is 0 Å². The molecule has 0 spiro atoms. The summed E-state index contributed by atoms with van der Waals surface area (Å²) < 4.78 is 2.19. The molecular formula is C12H21N3. The third-order valence-electron chi connectivity index (χ3n) is 3.12.